The average molecular weight is 473 g/mol. The van der Waals surface area contributed by atoms with Gasteiger partial charge in [-0.25, -0.2) is 9.18 Å². The molecule has 0 aliphatic carbocycles. The van der Waals surface area contributed by atoms with E-state index in [1.54, 1.807) is 24.0 Å². The van der Waals surface area contributed by atoms with Gasteiger partial charge in [-0.2, -0.15) is 0 Å². The first kappa shape index (κ1) is 24.1. The first-order valence-corrected chi connectivity index (χ1v) is 11.9. The smallest absolute Gasteiger partial charge is 0.409 e. The van der Waals surface area contributed by atoms with Gasteiger partial charge < -0.3 is 28.7 Å². The molecule has 9 heteroatoms. The van der Waals surface area contributed by atoms with Gasteiger partial charge >= 0.3 is 6.09 Å². The van der Waals surface area contributed by atoms with Crippen molar-refractivity contribution in [3.63, 3.8) is 0 Å². The van der Waals surface area contributed by atoms with Crippen molar-refractivity contribution in [2.24, 2.45) is 0 Å². The predicted molar refractivity (Wildman–Crippen MR) is 127 cm³/mol. The van der Waals surface area contributed by atoms with E-state index in [-0.39, 0.29) is 17.8 Å². The third-order valence-corrected chi connectivity index (χ3v) is 6.60. The average Bonchev–Trinajstić information content (AvgIpc) is 3.09. The molecule has 2 aliphatic rings. The van der Waals surface area contributed by atoms with E-state index in [0.29, 0.717) is 58.2 Å². The fourth-order valence-corrected chi connectivity index (χ4v) is 4.84. The number of morpholine rings is 1. The lowest BCUT2D eigenvalue weighted by Crippen LogP contribution is -2.51. The molecule has 2 amide bonds. The predicted octanol–water partition coefficient (Wildman–Crippen LogP) is 3.04. The van der Waals surface area contributed by atoms with Crippen molar-refractivity contribution in [3.8, 4) is 0 Å². The van der Waals surface area contributed by atoms with Gasteiger partial charge in [0, 0.05) is 57.1 Å². The number of benzene rings is 1. The number of ether oxygens (including phenoxy) is 2. The zero-order valence-electron chi connectivity index (χ0n) is 20.2. The summed E-state index contributed by atoms with van der Waals surface area (Å²) in [5.41, 5.74) is 4.59. The van der Waals surface area contributed by atoms with Gasteiger partial charge in [-0.15, -0.1) is 0 Å². The number of carbonyl (C=O) groups is 2. The summed E-state index contributed by atoms with van der Waals surface area (Å²) < 4.78 is 26.2. The first-order valence-electron chi connectivity index (χ1n) is 11.9. The van der Waals surface area contributed by atoms with Crippen LogP contribution >= 0.6 is 0 Å². The summed E-state index contributed by atoms with van der Waals surface area (Å²) in [4.78, 5) is 31.6. The van der Waals surface area contributed by atoms with E-state index >= 15 is 0 Å². The first-order chi connectivity index (χ1) is 16.4. The Hall–Kier alpha value is -3.07. The van der Waals surface area contributed by atoms with Gasteiger partial charge in [0.15, 0.2) is 0 Å². The van der Waals surface area contributed by atoms with E-state index in [4.69, 9.17) is 9.47 Å². The van der Waals surface area contributed by atoms with Crippen molar-refractivity contribution in [2.45, 2.75) is 27.3 Å². The molecule has 0 bridgehead atoms. The molecular formula is C25H33FN4O4. The Bertz CT molecular complexity index is 1020. The number of hydrogen-bond acceptors (Lipinski definition) is 5. The van der Waals surface area contributed by atoms with Gasteiger partial charge in [0.25, 0.3) is 5.91 Å². The number of nitrogens with zero attached hydrogens (tertiary/aromatic N) is 4. The lowest BCUT2D eigenvalue weighted by Gasteiger charge is -2.34. The van der Waals surface area contributed by atoms with Crippen LogP contribution in [0.2, 0.25) is 0 Å². The number of aromatic nitrogens is 1. The highest BCUT2D eigenvalue weighted by Gasteiger charge is 2.32. The molecule has 1 aromatic heterocycles. The van der Waals surface area contributed by atoms with Crippen molar-refractivity contribution in [1.82, 2.24) is 14.4 Å². The molecule has 34 heavy (non-hydrogen) atoms. The molecule has 3 heterocycles. The minimum Gasteiger partial charge on any atom is -0.450 e. The van der Waals surface area contributed by atoms with Gasteiger partial charge in [-0.1, -0.05) is 12.1 Å². The summed E-state index contributed by atoms with van der Waals surface area (Å²) in [7, 11) is 0. The standard InChI is InChI=1S/C25H33FN4O4/c1-4-34-25(32)29-11-9-28(10-12-29)24(31)23-18(2)22(27-13-15-33-16-14-27)19(3)30(23)17-20-5-7-21(26)8-6-20/h5-8H,4,9-17H2,1-3H3. The van der Waals surface area contributed by atoms with Gasteiger partial charge in [0.2, 0.25) is 0 Å². The van der Waals surface area contributed by atoms with Crippen LogP contribution in [0.4, 0.5) is 14.9 Å². The molecule has 184 valence electrons. The topological polar surface area (TPSA) is 67.2 Å². The Labute approximate surface area is 199 Å². The van der Waals surface area contributed by atoms with Gasteiger partial charge in [-0.05, 0) is 38.5 Å². The highest BCUT2D eigenvalue weighted by Crippen LogP contribution is 2.33. The molecule has 0 radical (unpaired) electrons. The van der Waals surface area contributed by atoms with Crippen LogP contribution in [0.5, 0.6) is 0 Å². The fraction of sp³-hybridized carbons (Fsp3) is 0.520. The number of hydrogen-bond donors (Lipinski definition) is 0. The summed E-state index contributed by atoms with van der Waals surface area (Å²) in [6, 6.07) is 6.40. The third-order valence-electron chi connectivity index (χ3n) is 6.60. The number of anilines is 1. The SMILES string of the molecule is CCOC(=O)N1CCN(C(=O)c2c(C)c(N3CCOCC3)c(C)n2Cc2ccc(F)cc2)CC1. The largest absolute Gasteiger partial charge is 0.450 e. The molecule has 0 spiro atoms. The van der Waals surface area contributed by atoms with Crippen LogP contribution in [0.25, 0.3) is 0 Å². The quantitative estimate of drug-likeness (QED) is 0.669. The Balaban J connectivity index is 1.64. The fourth-order valence-electron chi connectivity index (χ4n) is 4.84. The zero-order chi connectivity index (χ0) is 24.2. The van der Waals surface area contributed by atoms with Crippen molar-refractivity contribution < 1.29 is 23.5 Å². The molecule has 2 fully saturated rings. The molecule has 0 unspecified atom stereocenters. The van der Waals surface area contributed by atoms with Gasteiger partial charge in [0.05, 0.1) is 25.5 Å². The molecule has 4 rings (SSSR count). The number of rotatable bonds is 5. The van der Waals surface area contributed by atoms with Gasteiger partial charge in [-0.3, -0.25) is 4.79 Å². The van der Waals surface area contributed by atoms with E-state index in [0.717, 1.165) is 35.6 Å². The van der Waals surface area contributed by atoms with E-state index in [9.17, 15) is 14.0 Å². The number of carbonyl (C=O) groups excluding carboxylic acids is 2. The van der Waals surface area contributed by atoms with Gasteiger partial charge in [0.1, 0.15) is 11.5 Å². The lowest BCUT2D eigenvalue weighted by molar-refractivity contribution is 0.0561. The number of amides is 2. The van der Waals surface area contributed by atoms with Crippen LogP contribution in [0.1, 0.15) is 34.2 Å². The van der Waals surface area contributed by atoms with Crippen LogP contribution in [0, 0.1) is 19.7 Å². The van der Waals surface area contributed by atoms with Crippen molar-refractivity contribution in [1.29, 1.82) is 0 Å². The monoisotopic (exact) mass is 472 g/mol. The van der Waals surface area contributed by atoms with E-state index in [1.165, 1.54) is 12.1 Å². The molecule has 0 atom stereocenters. The number of piperazine rings is 1. The molecular weight excluding hydrogens is 439 g/mol. The molecule has 8 nitrogen and oxygen atoms in total. The second kappa shape index (κ2) is 10.5. The Morgan fingerprint density at radius 2 is 1.59 bits per heavy atom. The van der Waals surface area contributed by atoms with Crippen LogP contribution < -0.4 is 4.90 Å². The Morgan fingerprint density at radius 3 is 2.21 bits per heavy atom. The van der Waals surface area contributed by atoms with Crippen LogP contribution in [-0.4, -0.2) is 85.5 Å². The summed E-state index contributed by atoms with van der Waals surface area (Å²) in [6.07, 6.45) is -0.337. The number of halogens is 1. The minimum absolute atomic E-state index is 0.0503. The Kier molecular flexibility index (Phi) is 7.41. The molecule has 2 aromatic rings. The molecule has 1 aromatic carbocycles. The molecule has 2 aliphatic heterocycles. The van der Waals surface area contributed by atoms with Crippen molar-refractivity contribution in [3.05, 3.63) is 52.6 Å². The Morgan fingerprint density at radius 1 is 0.971 bits per heavy atom. The van der Waals surface area contributed by atoms with Crippen LogP contribution in [0.3, 0.4) is 0 Å². The van der Waals surface area contributed by atoms with E-state index < -0.39 is 0 Å². The van der Waals surface area contributed by atoms with Crippen molar-refractivity contribution in [2.75, 3.05) is 64.0 Å². The van der Waals surface area contributed by atoms with Crippen molar-refractivity contribution >= 4 is 17.7 Å². The second-order valence-electron chi connectivity index (χ2n) is 8.70. The highest BCUT2D eigenvalue weighted by molar-refractivity contribution is 5.97. The van der Waals surface area contributed by atoms with E-state index in [2.05, 4.69) is 4.90 Å². The summed E-state index contributed by atoms with van der Waals surface area (Å²) >= 11 is 0. The van der Waals surface area contributed by atoms with Crippen LogP contribution in [-0.2, 0) is 16.0 Å². The summed E-state index contributed by atoms with van der Waals surface area (Å²) in [5, 5.41) is 0. The molecule has 0 N–H and O–H groups in total. The maximum atomic E-state index is 13.8. The minimum atomic E-state index is -0.337. The maximum Gasteiger partial charge on any atom is 0.409 e. The lowest BCUT2D eigenvalue weighted by atomic mass is 10.1. The zero-order valence-corrected chi connectivity index (χ0v) is 20.2. The maximum absolute atomic E-state index is 13.8. The molecule has 0 saturated carbocycles. The second-order valence-corrected chi connectivity index (χ2v) is 8.70. The summed E-state index contributed by atoms with van der Waals surface area (Å²) in [5.74, 6) is -0.334. The third kappa shape index (κ3) is 4.89. The van der Waals surface area contributed by atoms with E-state index in [1.807, 2.05) is 23.3 Å². The normalized spacial score (nSPS) is 16.6. The highest BCUT2D eigenvalue weighted by atomic mass is 19.1. The summed E-state index contributed by atoms with van der Waals surface area (Å²) in [6.45, 7) is 11.3. The molecule has 2 saturated heterocycles. The van der Waals surface area contributed by atoms with Crippen LogP contribution in [0.15, 0.2) is 24.3 Å².